The maximum absolute atomic E-state index is 14.6. The number of rotatable bonds is 9. The van der Waals surface area contributed by atoms with Gasteiger partial charge in [0.25, 0.3) is 23.6 Å². The minimum Gasteiger partial charge on any atom is -0.459 e. The molecule has 0 radical (unpaired) electrons. The molecular weight excluding hydrogens is 696 g/mol. The summed E-state index contributed by atoms with van der Waals surface area (Å²) < 4.78 is 17.8. The van der Waals surface area contributed by atoms with Crippen LogP contribution in [-0.4, -0.2) is 98.2 Å². The molecule has 0 saturated carbocycles. The molecule has 0 N–H and O–H groups in total. The highest BCUT2D eigenvalue weighted by molar-refractivity contribution is 6.24. The zero-order valence-corrected chi connectivity index (χ0v) is 28.3. The van der Waals surface area contributed by atoms with E-state index >= 15 is 0 Å². The van der Waals surface area contributed by atoms with Crippen molar-refractivity contribution >= 4 is 41.6 Å². The first-order valence-electron chi connectivity index (χ1n) is 17.0. The lowest BCUT2D eigenvalue weighted by Crippen LogP contribution is -2.62. The summed E-state index contributed by atoms with van der Waals surface area (Å²) >= 11 is 0. The van der Waals surface area contributed by atoms with Gasteiger partial charge in [0.15, 0.2) is 5.54 Å². The molecule has 4 aliphatic heterocycles. The predicted molar refractivity (Wildman–Crippen MR) is 186 cm³/mol. The highest BCUT2D eigenvalue weighted by Gasteiger charge is 2.80. The van der Waals surface area contributed by atoms with Crippen LogP contribution in [0.25, 0.3) is 0 Å². The smallest absolute Gasteiger partial charge is 0.338 e. The summed E-state index contributed by atoms with van der Waals surface area (Å²) in [7, 11) is 0. The van der Waals surface area contributed by atoms with E-state index in [-0.39, 0.29) is 34.2 Å². The molecule has 54 heavy (non-hydrogen) atoms. The van der Waals surface area contributed by atoms with Crippen LogP contribution in [0.1, 0.15) is 58.2 Å². The number of hydrazine groups is 1. The largest absolute Gasteiger partial charge is 0.459 e. The number of hydrogen-bond donors (Lipinski definition) is 0. The Morgan fingerprint density at radius 3 is 1.81 bits per heavy atom. The van der Waals surface area contributed by atoms with Gasteiger partial charge < -0.3 is 14.2 Å². The van der Waals surface area contributed by atoms with Gasteiger partial charge in [-0.25, -0.2) is 14.4 Å². The molecule has 3 saturated heterocycles. The lowest BCUT2D eigenvalue weighted by molar-refractivity contribution is -0.133. The van der Waals surface area contributed by atoms with Gasteiger partial charge in [-0.3, -0.25) is 24.1 Å². The molecule has 270 valence electrons. The van der Waals surface area contributed by atoms with Crippen LogP contribution >= 0.6 is 0 Å². The Labute approximate surface area is 307 Å². The van der Waals surface area contributed by atoms with Crippen LogP contribution in [-0.2, 0) is 19.0 Å². The second kappa shape index (κ2) is 13.3. The highest BCUT2D eigenvalue weighted by Crippen LogP contribution is 2.54. The molecule has 3 fully saturated rings. The summed E-state index contributed by atoms with van der Waals surface area (Å²) in [5, 5.41) is 1.88. The number of carbonyl (C=O) groups excluding carboxylic acids is 7. The summed E-state index contributed by atoms with van der Waals surface area (Å²) in [6, 6.07) is 28.9. The summed E-state index contributed by atoms with van der Waals surface area (Å²) in [6.07, 6.45) is -3.99. The predicted octanol–water partition coefficient (Wildman–Crippen LogP) is 4.07. The third kappa shape index (κ3) is 5.38. The molecule has 4 unspecified atom stereocenters. The number of ether oxygens (including phenoxy) is 3. The minimum absolute atomic E-state index is 0.0115. The number of nitrogens with zero attached hydrogens (tertiary/aromatic N) is 4. The summed E-state index contributed by atoms with van der Waals surface area (Å²) in [6.45, 7) is 3.43. The molecule has 8 rings (SSSR count). The monoisotopic (exact) mass is 726 g/mol. The van der Waals surface area contributed by atoms with Gasteiger partial charge in [0, 0.05) is 12.0 Å². The van der Waals surface area contributed by atoms with Gasteiger partial charge in [0.1, 0.15) is 31.2 Å². The quantitative estimate of drug-likeness (QED) is 0.106. The van der Waals surface area contributed by atoms with E-state index in [9.17, 15) is 33.6 Å². The van der Waals surface area contributed by atoms with Gasteiger partial charge in [-0.05, 0) is 48.5 Å². The number of urea groups is 1. The number of esters is 2. The molecule has 0 aliphatic carbocycles. The second-order valence-electron chi connectivity index (χ2n) is 12.9. The number of fused-ring (bicyclic) bond motifs is 2. The summed E-state index contributed by atoms with van der Waals surface area (Å²) in [5.74, 6) is -4.90. The van der Waals surface area contributed by atoms with Crippen molar-refractivity contribution in [3.05, 3.63) is 156 Å². The van der Waals surface area contributed by atoms with Crippen molar-refractivity contribution in [2.45, 2.75) is 36.6 Å². The summed E-state index contributed by atoms with van der Waals surface area (Å²) in [5.41, 5.74) is -1.31. The fourth-order valence-corrected chi connectivity index (χ4v) is 7.15. The Kier molecular flexibility index (Phi) is 8.47. The van der Waals surface area contributed by atoms with Gasteiger partial charge in [-0.2, -0.15) is 14.9 Å². The van der Waals surface area contributed by atoms with E-state index in [1.807, 2.05) is 0 Å². The van der Waals surface area contributed by atoms with Crippen LogP contribution < -0.4 is 0 Å². The third-order valence-corrected chi connectivity index (χ3v) is 9.83. The average Bonchev–Trinajstić information content (AvgIpc) is 3.59. The van der Waals surface area contributed by atoms with Crippen LogP contribution in [0.15, 0.2) is 128 Å². The third-order valence-electron chi connectivity index (χ3n) is 9.83. The Morgan fingerprint density at radius 1 is 0.741 bits per heavy atom. The first-order valence-corrected chi connectivity index (χ1v) is 17.0. The van der Waals surface area contributed by atoms with Crippen LogP contribution in [0.5, 0.6) is 0 Å². The van der Waals surface area contributed by atoms with Gasteiger partial charge >= 0.3 is 18.0 Å². The maximum atomic E-state index is 14.6. The standard InChI is InChI=1S/C40H30N4O10/c1-2-40-37(44(40)43-33(46)27-20-12-13-21-28(27)34(43)47)41(39(51)42(38(40)50)32(45)24-14-6-3-7-15-24)31-22-29(54-36(49)26-18-10-5-11-19-26)30(53-31)23-52-35(48)25-16-8-4-9-17-25/h2-21,29-31,37H,1,22-23H2/t29-,30+,31?,37?,40?,44?/m0/s1. The topological polar surface area (TPSA) is 160 Å². The Morgan fingerprint density at radius 2 is 1.26 bits per heavy atom. The lowest BCUT2D eigenvalue weighted by atomic mass is 10.0. The molecule has 0 aromatic heterocycles. The molecule has 0 bridgehead atoms. The van der Waals surface area contributed by atoms with E-state index in [4.69, 9.17) is 14.2 Å². The molecule has 0 spiro atoms. The van der Waals surface area contributed by atoms with Gasteiger partial charge in [-0.1, -0.05) is 72.8 Å². The van der Waals surface area contributed by atoms with Crippen LogP contribution in [0.3, 0.4) is 0 Å². The van der Waals surface area contributed by atoms with Crippen molar-refractivity contribution < 1.29 is 47.8 Å². The molecule has 14 heteroatoms. The SMILES string of the molecule is C=CC12C(=O)N(C(=O)c3ccccc3)C(=O)N(C3C[C@H](OC(=O)c4ccccc4)[C@@H](COC(=O)c4ccccc4)O3)C1N2N1C(=O)c2ccccc2C1=O. The van der Waals surface area contributed by atoms with E-state index in [1.54, 1.807) is 91.0 Å². The molecule has 6 amide bonds. The lowest BCUT2D eigenvalue weighted by Gasteiger charge is -2.36. The Hall–Kier alpha value is -6.77. The first kappa shape index (κ1) is 34.3. The van der Waals surface area contributed by atoms with E-state index in [2.05, 4.69) is 6.58 Å². The zero-order valence-electron chi connectivity index (χ0n) is 28.3. The van der Waals surface area contributed by atoms with Crippen molar-refractivity contribution in [3.63, 3.8) is 0 Å². The number of benzene rings is 4. The van der Waals surface area contributed by atoms with E-state index < -0.39 is 78.3 Å². The fourth-order valence-electron chi connectivity index (χ4n) is 7.15. The summed E-state index contributed by atoms with van der Waals surface area (Å²) in [4.78, 5) is 98.2. The molecular formula is C40H30N4O10. The molecule has 4 aromatic rings. The molecule has 4 aromatic carbocycles. The molecule has 14 nitrogen and oxygen atoms in total. The van der Waals surface area contributed by atoms with Crippen molar-refractivity contribution in [2.75, 3.05) is 6.61 Å². The van der Waals surface area contributed by atoms with Crippen molar-refractivity contribution in [2.24, 2.45) is 0 Å². The van der Waals surface area contributed by atoms with Crippen molar-refractivity contribution in [1.29, 1.82) is 0 Å². The van der Waals surface area contributed by atoms with Crippen LogP contribution in [0, 0.1) is 0 Å². The van der Waals surface area contributed by atoms with Gasteiger partial charge in [0.2, 0.25) is 0 Å². The average molecular weight is 727 g/mol. The number of amides is 6. The van der Waals surface area contributed by atoms with Crippen LogP contribution in [0.4, 0.5) is 4.79 Å². The van der Waals surface area contributed by atoms with Crippen molar-refractivity contribution in [1.82, 2.24) is 19.8 Å². The van der Waals surface area contributed by atoms with Gasteiger partial charge in [0.05, 0.1) is 22.3 Å². The number of carbonyl (C=O) groups is 7. The molecule has 6 atom stereocenters. The van der Waals surface area contributed by atoms with E-state index in [0.717, 1.165) is 14.9 Å². The van der Waals surface area contributed by atoms with Gasteiger partial charge in [-0.15, -0.1) is 6.58 Å². The molecule has 4 aliphatic rings. The molecule has 4 heterocycles. The minimum atomic E-state index is -1.97. The Balaban J connectivity index is 1.17. The fraction of sp³-hybridized carbons (Fsp3) is 0.175. The highest BCUT2D eigenvalue weighted by atomic mass is 16.6. The number of imide groups is 4. The van der Waals surface area contributed by atoms with Crippen molar-refractivity contribution in [3.8, 4) is 0 Å². The zero-order chi connectivity index (χ0) is 37.7. The van der Waals surface area contributed by atoms with E-state index in [1.165, 1.54) is 30.3 Å². The Bertz CT molecular complexity index is 2200. The number of hydrogen-bond acceptors (Lipinski definition) is 11. The second-order valence-corrected chi connectivity index (χ2v) is 12.9. The van der Waals surface area contributed by atoms with Crippen LogP contribution in [0.2, 0.25) is 0 Å². The maximum Gasteiger partial charge on any atom is 0.338 e. The first-order chi connectivity index (χ1) is 26.2. The van der Waals surface area contributed by atoms with E-state index in [0.29, 0.717) is 4.90 Å². The normalized spacial score (nSPS) is 25.6.